The minimum atomic E-state index is -0.843. The molecular formula is C18H28N4O3. The van der Waals surface area contributed by atoms with Crippen LogP contribution in [0.2, 0.25) is 0 Å². The maximum absolute atomic E-state index is 12.8. The third-order valence-corrected chi connectivity index (χ3v) is 5.59. The molecular weight excluding hydrogens is 320 g/mol. The summed E-state index contributed by atoms with van der Waals surface area (Å²) >= 11 is 0. The number of hydrogen-bond donors (Lipinski definition) is 1. The summed E-state index contributed by atoms with van der Waals surface area (Å²) in [6.45, 7) is 6.63. The monoisotopic (exact) mass is 348 g/mol. The first-order valence-electron chi connectivity index (χ1n) is 8.86. The van der Waals surface area contributed by atoms with Gasteiger partial charge < -0.3 is 10.2 Å². The van der Waals surface area contributed by atoms with Crippen molar-refractivity contribution in [1.29, 1.82) is 5.26 Å². The number of carbonyl (C=O) groups is 3. The van der Waals surface area contributed by atoms with Crippen LogP contribution < -0.4 is 5.32 Å². The molecule has 2 aliphatic rings. The van der Waals surface area contributed by atoms with Crippen LogP contribution in [0.5, 0.6) is 0 Å². The van der Waals surface area contributed by atoms with Gasteiger partial charge in [0.05, 0.1) is 12.5 Å². The van der Waals surface area contributed by atoms with Crippen LogP contribution in [0.25, 0.3) is 0 Å². The lowest BCUT2D eigenvalue weighted by Gasteiger charge is -2.40. The second kappa shape index (κ2) is 7.03. The number of urea groups is 1. The van der Waals surface area contributed by atoms with Crippen molar-refractivity contribution in [1.82, 2.24) is 15.1 Å². The van der Waals surface area contributed by atoms with Crippen molar-refractivity contribution < 1.29 is 14.4 Å². The summed E-state index contributed by atoms with van der Waals surface area (Å²) in [6.07, 6.45) is 3.24. The molecule has 1 heterocycles. The summed E-state index contributed by atoms with van der Waals surface area (Å²) in [6, 6.07) is 1.49. The number of hydrogen-bond acceptors (Lipinski definition) is 4. The molecule has 4 amide bonds. The third-order valence-electron chi connectivity index (χ3n) is 5.59. The van der Waals surface area contributed by atoms with E-state index < -0.39 is 11.6 Å². The molecule has 1 aliphatic carbocycles. The Hall–Kier alpha value is -2.10. The predicted octanol–water partition coefficient (Wildman–Crippen LogP) is 1.89. The molecule has 138 valence electrons. The number of nitrogens with zero attached hydrogens (tertiary/aromatic N) is 3. The average Bonchev–Trinajstić information content (AvgIpc) is 2.76. The van der Waals surface area contributed by atoms with Crippen LogP contribution in [0.3, 0.4) is 0 Å². The SMILES string of the molecule is CN(CCC#N)C(=O)CN1C(=O)NC2(CCC(C(C)(C)C)CC2)C1=O. The van der Waals surface area contributed by atoms with Gasteiger partial charge in [-0.1, -0.05) is 20.8 Å². The summed E-state index contributed by atoms with van der Waals surface area (Å²) in [7, 11) is 1.57. The third kappa shape index (κ3) is 3.94. The summed E-state index contributed by atoms with van der Waals surface area (Å²) in [5.74, 6) is -0.0957. The summed E-state index contributed by atoms with van der Waals surface area (Å²) in [5.41, 5.74) is -0.656. The maximum Gasteiger partial charge on any atom is 0.325 e. The van der Waals surface area contributed by atoms with Gasteiger partial charge >= 0.3 is 6.03 Å². The van der Waals surface area contributed by atoms with E-state index in [0.717, 1.165) is 17.7 Å². The van der Waals surface area contributed by atoms with Gasteiger partial charge in [0.2, 0.25) is 5.91 Å². The number of rotatable bonds is 4. The minimum Gasteiger partial charge on any atom is -0.343 e. The van der Waals surface area contributed by atoms with Crippen LogP contribution in [-0.2, 0) is 9.59 Å². The number of nitriles is 1. The van der Waals surface area contributed by atoms with Gasteiger partial charge in [0.15, 0.2) is 0 Å². The molecule has 1 saturated heterocycles. The Bertz CT molecular complexity index is 594. The standard InChI is InChI=1S/C18H28N4O3/c1-17(2,3)13-6-8-18(9-7-13)15(24)22(16(25)20-18)12-14(23)21(4)11-5-10-19/h13H,5-9,11-12H2,1-4H3,(H,20,25). The highest BCUT2D eigenvalue weighted by Crippen LogP contribution is 2.43. The van der Waals surface area contributed by atoms with Crippen molar-refractivity contribution in [3.05, 3.63) is 0 Å². The van der Waals surface area contributed by atoms with Crippen LogP contribution in [0.4, 0.5) is 4.79 Å². The highest BCUT2D eigenvalue weighted by molar-refractivity contribution is 6.09. The molecule has 2 fully saturated rings. The number of likely N-dealkylation sites (N-methyl/N-ethyl adjacent to an activating group) is 1. The van der Waals surface area contributed by atoms with Gasteiger partial charge in [0, 0.05) is 13.6 Å². The molecule has 0 aromatic rings. The summed E-state index contributed by atoms with van der Waals surface area (Å²) < 4.78 is 0. The summed E-state index contributed by atoms with van der Waals surface area (Å²) in [4.78, 5) is 39.7. The van der Waals surface area contributed by atoms with Gasteiger partial charge in [-0.2, -0.15) is 5.26 Å². The molecule has 1 spiro atoms. The molecule has 0 radical (unpaired) electrons. The molecule has 0 atom stereocenters. The second-order valence-electron chi connectivity index (χ2n) is 8.27. The molecule has 0 unspecified atom stereocenters. The average molecular weight is 348 g/mol. The maximum atomic E-state index is 12.8. The first-order valence-corrected chi connectivity index (χ1v) is 8.86. The van der Waals surface area contributed by atoms with E-state index in [1.54, 1.807) is 7.05 Å². The van der Waals surface area contributed by atoms with Gasteiger partial charge in [0.1, 0.15) is 12.1 Å². The minimum absolute atomic E-state index is 0.187. The molecule has 1 N–H and O–H groups in total. The Labute approximate surface area is 149 Å². The second-order valence-corrected chi connectivity index (χ2v) is 8.27. The van der Waals surface area contributed by atoms with E-state index >= 15 is 0 Å². The largest absolute Gasteiger partial charge is 0.343 e. The molecule has 7 heteroatoms. The Balaban J connectivity index is 2.01. The van der Waals surface area contributed by atoms with Gasteiger partial charge in [-0.25, -0.2) is 4.79 Å². The number of amides is 4. The van der Waals surface area contributed by atoms with Gasteiger partial charge in [-0.3, -0.25) is 14.5 Å². The molecule has 0 aromatic carbocycles. The lowest BCUT2D eigenvalue weighted by molar-refractivity contribution is -0.139. The molecule has 7 nitrogen and oxygen atoms in total. The molecule has 0 aromatic heterocycles. The van der Waals surface area contributed by atoms with E-state index in [0.29, 0.717) is 18.8 Å². The topological polar surface area (TPSA) is 93.5 Å². The molecule has 1 saturated carbocycles. The van der Waals surface area contributed by atoms with E-state index in [-0.39, 0.29) is 36.7 Å². The fourth-order valence-electron chi connectivity index (χ4n) is 3.73. The van der Waals surface area contributed by atoms with Crippen LogP contribution >= 0.6 is 0 Å². The van der Waals surface area contributed by atoms with Crippen LogP contribution in [0.1, 0.15) is 52.9 Å². The van der Waals surface area contributed by atoms with Crippen molar-refractivity contribution >= 4 is 17.8 Å². The highest BCUT2D eigenvalue weighted by Gasteiger charge is 2.53. The van der Waals surface area contributed by atoms with Gasteiger partial charge in [0.25, 0.3) is 5.91 Å². The van der Waals surface area contributed by atoms with Crippen molar-refractivity contribution in [3.63, 3.8) is 0 Å². The quantitative estimate of drug-likeness (QED) is 0.785. The molecule has 25 heavy (non-hydrogen) atoms. The Morgan fingerprint density at radius 1 is 1.36 bits per heavy atom. The van der Waals surface area contributed by atoms with E-state index in [1.165, 1.54) is 4.90 Å². The lowest BCUT2D eigenvalue weighted by atomic mass is 9.67. The van der Waals surface area contributed by atoms with Crippen molar-refractivity contribution in [2.75, 3.05) is 20.1 Å². The smallest absolute Gasteiger partial charge is 0.325 e. The van der Waals surface area contributed by atoms with Crippen molar-refractivity contribution in [2.45, 2.75) is 58.4 Å². The molecule has 1 aliphatic heterocycles. The highest BCUT2D eigenvalue weighted by atomic mass is 16.2. The Morgan fingerprint density at radius 2 is 1.96 bits per heavy atom. The van der Waals surface area contributed by atoms with Crippen LogP contribution in [0.15, 0.2) is 0 Å². The fraction of sp³-hybridized carbons (Fsp3) is 0.778. The van der Waals surface area contributed by atoms with Crippen molar-refractivity contribution in [2.24, 2.45) is 11.3 Å². The molecule has 2 rings (SSSR count). The number of nitrogens with one attached hydrogen (secondary N) is 1. The van der Waals surface area contributed by atoms with E-state index in [9.17, 15) is 14.4 Å². The Kier molecular flexibility index (Phi) is 5.40. The number of imide groups is 1. The zero-order chi connectivity index (χ0) is 18.8. The number of carbonyl (C=O) groups excluding carboxylic acids is 3. The lowest BCUT2D eigenvalue weighted by Crippen LogP contribution is -2.51. The molecule has 0 bridgehead atoms. The van der Waals surface area contributed by atoms with Gasteiger partial charge in [-0.05, 0) is 37.0 Å². The van der Waals surface area contributed by atoms with Crippen LogP contribution in [-0.4, -0.2) is 53.3 Å². The van der Waals surface area contributed by atoms with Crippen molar-refractivity contribution in [3.8, 4) is 6.07 Å². The Morgan fingerprint density at radius 3 is 2.48 bits per heavy atom. The van der Waals surface area contributed by atoms with E-state index in [4.69, 9.17) is 5.26 Å². The first kappa shape index (κ1) is 19.2. The van der Waals surface area contributed by atoms with E-state index in [2.05, 4.69) is 26.1 Å². The van der Waals surface area contributed by atoms with E-state index in [1.807, 2.05) is 6.07 Å². The predicted molar refractivity (Wildman–Crippen MR) is 92.3 cm³/mol. The summed E-state index contributed by atoms with van der Waals surface area (Å²) in [5, 5.41) is 11.4. The normalized spacial score (nSPS) is 26.5. The van der Waals surface area contributed by atoms with Crippen LogP contribution in [0, 0.1) is 22.7 Å². The first-order chi connectivity index (χ1) is 11.6. The zero-order valence-electron chi connectivity index (χ0n) is 15.6. The fourth-order valence-corrected chi connectivity index (χ4v) is 3.73. The van der Waals surface area contributed by atoms with Gasteiger partial charge in [-0.15, -0.1) is 0 Å². The zero-order valence-corrected chi connectivity index (χ0v) is 15.6.